The van der Waals surface area contributed by atoms with Gasteiger partial charge in [-0.1, -0.05) is 34.1 Å². The van der Waals surface area contributed by atoms with E-state index in [4.69, 9.17) is 0 Å². The van der Waals surface area contributed by atoms with Gasteiger partial charge in [0.05, 0.1) is 0 Å². The number of rotatable bonds is 10. The van der Waals surface area contributed by atoms with Gasteiger partial charge in [0.1, 0.15) is 5.78 Å². The van der Waals surface area contributed by atoms with Crippen LogP contribution in [-0.4, -0.2) is 19.4 Å². The molecule has 0 saturated carbocycles. The summed E-state index contributed by atoms with van der Waals surface area (Å²) in [6, 6.07) is 0. The van der Waals surface area contributed by atoms with E-state index in [1.54, 1.807) is 0 Å². The summed E-state index contributed by atoms with van der Waals surface area (Å²) in [5, 5.41) is 3.16. The lowest BCUT2D eigenvalue weighted by Crippen LogP contribution is -2.28. The summed E-state index contributed by atoms with van der Waals surface area (Å²) in [4.78, 5) is 12.5. The van der Waals surface area contributed by atoms with Crippen molar-refractivity contribution in [1.29, 1.82) is 0 Å². The molecule has 0 radical (unpaired) electrons. The first kappa shape index (κ1) is 16.6. The average Bonchev–Trinajstić information content (AvgIpc) is 2.30. The Morgan fingerprint density at radius 1 is 1.18 bits per heavy atom. The zero-order valence-corrected chi connectivity index (χ0v) is 12.4. The summed E-state index contributed by atoms with van der Waals surface area (Å²) >= 11 is 0. The van der Waals surface area contributed by atoms with E-state index >= 15 is 0 Å². The van der Waals surface area contributed by atoms with Crippen LogP contribution in [0.4, 0.5) is 0 Å². The maximum Gasteiger partial charge on any atom is 0.139 e. The fourth-order valence-corrected chi connectivity index (χ4v) is 2.50. The number of Topliss-reactive ketones (excluding diaryl/α,β-unsaturated/α-hetero) is 1. The highest BCUT2D eigenvalue weighted by Crippen LogP contribution is 2.25. The smallest absolute Gasteiger partial charge is 0.139 e. The molecule has 2 atom stereocenters. The van der Waals surface area contributed by atoms with Crippen LogP contribution in [0.2, 0.25) is 0 Å². The van der Waals surface area contributed by atoms with Gasteiger partial charge in [0, 0.05) is 11.8 Å². The fourth-order valence-electron chi connectivity index (χ4n) is 2.50. The molecule has 2 unspecified atom stereocenters. The van der Waals surface area contributed by atoms with Crippen molar-refractivity contribution in [3.05, 3.63) is 0 Å². The van der Waals surface area contributed by atoms with Crippen LogP contribution >= 0.6 is 0 Å². The van der Waals surface area contributed by atoms with Gasteiger partial charge in [0.15, 0.2) is 0 Å². The van der Waals surface area contributed by atoms with Crippen molar-refractivity contribution in [2.45, 2.75) is 59.8 Å². The molecule has 0 saturated heterocycles. The number of hydrogen-bond donors (Lipinski definition) is 1. The molecule has 102 valence electrons. The molecule has 0 aliphatic heterocycles. The third-order valence-corrected chi connectivity index (χ3v) is 3.64. The summed E-state index contributed by atoms with van der Waals surface area (Å²) in [6.07, 6.45) is 5.32. The van der Waals surface area contributed by atoms with Gasteiger partial charge in [-0.15, -0.1) is 0 Å². The Kier molecular flexibility index (Phi) is 9.43. The molecule has 0 aliphatic rings. The highest BCUT2D eigenvalue weighted by atomic mass is 16.1. The molecule has 0 heterocycles. The second-order valence-electron chi connectivity index (χ2n) is 5.39. The molecule has 2 nitrogen and oxygen atoms in total. The highest BCUT2D eigenvalue weighted by Gasteiger charge is 2.26. The zero-order valence-electron chi connectivity index (χ0n) is 12.4. The summed E-state index contributed by atoms with van der Waals surface area (Å²) < 4.78 is 0. The SMILES string of the molecule is CCCC(CC)C(=O)C(CCCNC)C(C)C. The van der Waals surface area contributed by atoms with Crippen LogP contribution in [0.1, 0.15) is 59.8 Å². The van der Waals surface area contributed by atoms with Crippen LogP contribution in [0.3, 0.4) is 0 Å². The van der Waals surface area contributed by atoms with Crippen molar-refractivity contribution in [2.75, 3.05) is 13.6 Å². The molecular weight excluding hydrogens is 210 g/mol. The van der Waals surface area contributed by atoms with Crippen molar-refractivity contribution in [1.82, 2.24) is 5.32 Å². The van der Waals surface area contributed by atoms with E-state index in [0.717, 1.165) is 38.6 Å². The largest absolute Gasteiger partial charge is 0.320 e. The van der Waals surface area contributed by atoms with Gasteiger partial charge in [-0.25, -0.2) is 0 Å². The Balaban J connectivity index is 4.40. The van der Waals surface area contributed by atoms with Crippen LogP contribution in [0.5, 0.6) is 0 Å². The maximum atomic E-state index is 12.5. The number of hydrogen-bond acceptors (Lipinski definition) is 2. The Labute approximate surface area is 108 Å². The first-order chi connectivity index (χ1) is 8.08. The molecular formula is C15H31NO. The van der Waals surface area contributed by atoms with E-state index in [0.29, 0.717) is 17.6 Å². The molecule has 0 aliphatic carbocycles. The summed E-state index contributed by atoms with van der Waals surface area (Å²) in [6.45, 7) is 9.69. The minimum absolute atomic E-state index is 0.264. The van der Waals surface area contributed by atoms with Crippen LogP contribution < -0.4 is 5.32 Å². The minimum atomic E-state index is 0.264. The Hall–Kier alpha value is -0.370. The topological polar surface area (TPSA) is 29.1 Å². The Morgan fingerprint density at radius 2 is 1.82 bits per heavy atom. The molecule has 0 bridgehead atoms. The lowest BCUT2D eigenvalue weighted by atomic mass is 9.79. The molecule has 1 N–H and O–H groups in total. The van der Waals surface area contributed by atoms with Crippen molar-refractivity contribution < 1.29 is 4.79 Å². The molecule has 0 fully saturated rings. The predicted octanol–water partition coefficient (Wildman–Crippen LogP) is 3.65. The Morgan fingerprint density at radius 3 is 2.24 bits per heavy atom. The predicted molar refractivity (Wildman–Crippen MR) is 75.2 cm³/mol. The first-order valence-electron chi connectivity index (χ1n) is 7.26. The van der Waals surface area contributed by atoms with E-state index in [-0.39, 0.29) is 5.92 Å². The minimum Gasteiger partial charge on any atom is -0.320 e. The third-order valence-electron chi connectivity index (χ3n) is 3.64. The maximum absolute atomic E-state index is 12.5. The molecule has 0 rings (SSSR count). The first-order valence-corrected chi connectivity index (χ1v) is 7.26. The Bertz CT molecular complexity index is 201. The quantitative estimate of drug-likeness (QED) is 0.591. The van der Waals surface area contributed by atoms with Gasteiger partial charge in [0.25, 0.3) is 0 Å². The van der Waals surface area contributed by atoms with Gasteiger partial charge in [-0.05, 0) is 45.2 Å². The van der Waals surface area contributed by atoms with Crippen LogP contribution in [-0.2, 0) is 4.79 Å². The summed E-state index contributed by atoms with van der Waals surface area (Å²) in [5.41, 5.74) is 0. The normalized spacial score (nSPS) is 14.9. The van der Waals surface area contributed by atoms with E-state index < -0.39 is 0 Å². The van der Waals surface area contributed by atoms with Crippen molar-refractivity contribution in [2.24, 2.45) is 17.8 Å². The van der Waals surface area contributed by atoms with Gasteiger partial charge < -0.3 is 5.32 Å². The average molecular weight is 241 g/mol. The zero-order chi connectivity index (χ0) is 13.3. The van der Waals surface area contributed by atoms with Gasteiger partial charge in [0.2, 0.25) is 0 Å². The van der Waals surface area contributed by atoms with Crippen molar-refractivity contribution in [3.8, 4) is 0 Å². The number of nitrogens with one attached hydrogen (secondary N) is 1. The standard InChI is InChI=1S/C15H31NO/c1-6-9-13(7-2)15(17)14(12(3)4)10-8-11-16-5/h12-14,16H,6-11H2,1-5H3. The van der Waals surface area contributed by atoms with Crippen LogP contribution in [0.25, 0.3) is 0 Å². The van der Waals surface area contributed by atoms with E-state index in [2.05, 4.69) is 33.0 Å². The molecule has 0 aromatic rings. The molecule has 2 heteroatoms. The monoisotopic (exact) mass is 241 g/mol. The second-order valence-corrected chi connectivity index (χ2v) is 5.39. The fraction of sp³-hybridized carbons (Fsp3) is 0.933. The summed E-state index contributed by atoms with van der Waals surface area (Å²) in [7, 11) is 1.97. The van der Waals surface area contributed by atoms with Gasteiger partial charge in [-0.3, -0.25) is 4.79 Å². The molecule has 0 aromatic heterocycles. The van der Waals surface area contributed by atoms with Gasteiger partial charge >= 0.3 is 0 Å². The molecule has 17 heavy (non-hydrogen) atoms. The van der Waals surface area contributed by atoms with Crippen LogP contribution in [0.15, 0.2) is 0 Å². The van der Waals surface area contributed by atoms with E-state index in [1.165, 1.54) is 0 Å². The lowest BCUT2D eigenvalue weighted by Gasteiger charge is -2.24. The summed E-state index contributed by atoms with van der Waals surface area (Å²) in [5.74, 6) is 1.55. The van der Waals surface area contributed by atoms with Crippen molar-refractivity contribution >= 4 is 5.78 Å². The number of ketones is 1. The van der Waals surface area contributed by atoms with E-state index in [1.807, 2.05) is 7.05 Å². The van der Waals surface area contributed by atoms with E-state index in [9.17, 15) is 4.79 Å². The highest BCUT2D eigenvalue weighted by molar-refractivity contribution is 5.83. The number of carbonyl (C=O) groups excluding carboxylic acids is 1. The lowest BCUT2D eigenvalue weighted by molar-refractivity contribution is -0.128. The molecule has 0 spiro atoms. The molecule has 0 amide bonds. The van der Waals surface area contributed by atoms with Crippen LogP contribution in [0, 0.1) is 17.8 Å². The van der Waals surface area contributed by atoms with Gasteiger partial charge in [-0.2, -0.15) is 0 Å². The third kappa shape index (κ3) is 6.21. The molecule has 0 aromatic carbocycles. The second kappa shape index (κ2) is 9.64. The number of carbonyl (C=O) groups is 1. The van der Waals surface area contributed by atoms with Crippen molar-refractivity contribution in [3.63, 3.8) is 0 Å².